The zero-order valence-electron chi connectivity index (χ0n) is 9.43. The molecule has 0 aromatic carbocycles. The van der Waals surface area contributed by atoms with E-state index in [2.05, 4.69) is 37.2 Å². The molecule has 0 saturated heterocycles. The normalized spacial score (nSPS) is 22.2. The van der Waals surface area contributed by atoms with Crippen molar-refractivity contribution in [1.29, 1.82) is 0 Å². The molecule has 1 N–H and O–H groups in total. The van der Waals surface area contributed by atoms with Crippen LogP contribution in [0.3, 0.4) is 0 Å². The van der Waals surface area contributed by atoms with E-state index >= 15 is 0 Å². The van der Waals surface area contributed by atoms with Gasteiger partial charge >= 0.3 is 0 Å². The van der Waals surface area contributed by atoms with Crippen molar-refractivity contribution in [3.05, 3.63) is 11.6 Å². The fraction of sp³-hybridized carbons (Fsp3) is 0.750. The second kappa shape index (κ2) is 3.50. The van der Waals surface area contributed by atoms with Gasteiger partial charge in [-0.25, -0.2) is 0 Å². The van der Waals surface area contributed by atoms with Gasteiger partial charge < -0.3 is 5.32 Å². The molecule has 14 heavy (non-hydrogen) atoms. The van der Waals surface area contributed by atoms with Crippen LogP contribution in [0.2, 0.25) is 0 Å². The van der Waals surface area contributed by atoms with Crippen LogP contribution >= 0.6 is 0 Å². The van der Waals surface area contributed by atoms with Gasteiger partial charge in [0, 0.05) is 17.8 Å². The summed E-state index contributed by atoms with van der Waals surface area (Å²) in [7, 11) is 0. The molecule has 2 heteroatoms. The first-order valence-corrected chi connectivity index (χ1v) is 5.53. The maximum Gasteiger partial charge on any atom is 0.0609 e. The van der Waals surface area contributed by atoms with Gasteiger partial charge in [0.15, 0.2) is 0 Å². The van der Waals surface area contributed by atoms with Crippen molar-refractivity contribution in [2.24, 2.45) is 10.9 Å². The molecule has 1 fully saturated rings. The van der Waals surface area contributed by atoms with E-state index in [-0.39, 0.29) is 5.54 Å². The van der Waals surface area contributed by atoms with E-state index in [9.17, 15) is 0 Å². The van der Waals surface area contributed by atoms with Crippen LogP contribution < -0.4 is 5.32 Å². The van der Waals surface area contributed by atoms with Gasteiger partial charge in [-0.3, -0.25) is 4.99 Å². The number of hydrogen-bond acceptors (Lipinski definition) is 2. The van der Waals surface area contributed by atoms with E-state index < -0.39 is 0 Å². The highest BCUT2D eigenvalue weighted by Crippen LogP contribution is 2.37. The van der Waals surface area contributed by atoms with Crippen molar-refractivity contribution < 1.29 is 0 Å². The lowest BCUT2D eigenvalue weighted by Gasteiger charge is -2.19. The summed E-state index contributed by atoms with van der Waals surface area (Å²) < 4.78 is 0. The van der Waals surface area contributed by atoms with E-state index in [1.54, 1.807) is 5.57 Å². The van der Waals surface area contributed by atoms with Crippen LogP contribution in [-0.4, -0.2) is 24.3 Å². The van der Waals surface area contributed by atoms with Crippen LogP contribution in [0.15, 0.2) is 16.6 Å². The molecule has 0 spiro atoms. The second-order valence-corrected chi connectivity index (χ2v) is 5.40. The first-order valence-electron chi connectivity index (χ1n) is 5.53. The summed E-state index contributed by atoms with van der Waals surface area (Å²) in [4.78, 5) is 4.54. The predicted octanol–water partition coefficient (Wildman–Crippen LogP) is 2.17. The molecule has 0 bridgehead atoms. The number of nitrogens with one attached hydrogen (secondary N) is 1. The Kier molecular flexibility index (Phi) is 2.48. The van der Waals surface area contributed by atoms with Gasteiger partial charge in [-0.05, 0) is 51.2 Å². The molecule has 1 aliphatic heterocycles. The Morgan fingerprint density at radius 3 is 2.71 bits per heavy atom. The van der Waals surface area contributed by atoms with Gasteiger partial charge in [-0.2, -0.15) is 0 Å². The van der Waals surface area contributed by atoms with Crippen molar-refractivity contribution in [2.75, 3.05) is 13.1 Å². The molecule has 1 aliphatic carbocycles. The lowest BCUT2D eigenvalue weighted by molar-refractivity contribution is 0.455. The summed E-state index contributed by atoms with van der Waals surface area (Å²) >= 11 is 0. The highest BCUT2D eigenvalue weighted by atomic mass is 15.0. The molecule has 78 valence electrons. The van der Waals surface area contributed by atoms with E-state index in [0.29, 0.717) is 0 Å². The second-order valence-electron chi connectivity index (χ2n) is 5.40. The van der Waals surface area contributed by atoms with Gasteiger partial charge in [0.05, 0.1) is 6.54 Å². The minimum atomic E-state index is 0.193. The molecule has 1 saturated carbocycles. The number of hydrogen-bond donors (Lipinski definition) is 1. The maximum absolute atomic E-state index is 4.54. The summed E-state index contributed by atoms with van der Waals surface area (Å²) in [5.74, 6) is 0.880. The quantitative estimate of drug-likeness (QED) is 0.728. The molecular formula is C12H20N2. The maximum atomic E-state index is 4.54. The molecule has 0 aromatic rings. The summed E-state index contributed by atoms with van der Waals surface area (Å²) in [5.41, 5.74) is 3.00. The number of aliphatic imine (C=N–C) groups is 1. The van der Waals surface area contributed by atoms with Crippen LogP contribution in [-0.2, 0) is 0 Å². The monoisotopic (exact) mass is 192 g/mol. The average molecular weight is 192 g/mol. The van der Waals surface area contributed by atoms with Crippen LogP contribution in [0.25, 0.3) is 0 Å². The van der Waals surface area contributed by atoms with Crippen molar-refractivity contribution in [1.82, 2.24) is 5.32 Å². The smallest absolute Gasteiger partial charge is 0.0609 e. The Labute approximate surface area is 86.5 Å². The summed E-state index contributed by atoms with van der Waals surface area (Å²) in [5, 5.41) is 3.47. The van der Waals surface area contributed by atoms with Crippen LogP contribution in [0, 0.1) is 5.92 Å². The zero-order valence-corrected chi connectivity index (χ0v) is 9.43. The Balaban J connectivity index is 1.82. The summed E-state index contributed by atoms with van der Waals surface area (Å²) in [6, 6.07) is 0. The van der Waals surface area contributed by atoms with E-state index in [1.165, 1.54) is 18.6 Å². The van der Waals surface area contributed by atoms with Crippen molar-refractivity contribution in [2.45, 2.75) is 39.2 Å². The molecule has 0 radical (unpaired) electrons. The summed E-state index contributed by atoms with van der Waals surface area (Å²) in [6.45, 7) is 8.45. The van der Waals surface area contributed by atoms with E-state index in [0.717, 1.165) is 19.0 Å². The standard InChI is InChI=1S/C12H20N2/c1-12(2,3)14-8-11-6-10(7-13-11)9-4-5-9/h6,9,14H,4-5,7-8H2,1-3H3. The Hall–Kier alpha value is -0.630. The highest BCUT2D eigenvalue weighted by molar-refractivity contribution is 5.99. The van der Waals surface area contributed by atoms with Crippen LogP contribution in [0.5, 0.6) is 0 Å². The molecular weight excluding hydrogens is 172 g/mol. The zero-order chi connectivity index (χ0) is 10.2. The van der Waals surface area contributed by atoms with Gasteiger partial charge in [0.25, 0.3) is 0 Å². The molecule has 2 aliphatic rings. The Bertz CT molecular complexity index is 277. The van der Waals surface area contributed by atoms with Crippen molar-refractivity contribution >= 4 is 5.71 Å². The van der Waals surface area contributed by atoms with Crippen molar-refractivity contribution in [3.8, 4) is 0 Å². The molecule has 2 rings (SSSR count). The fourth-order valence-corrected chi connectivity index (χ4v) is 1.66. The first-order chi connectivity index (χ1) is 6.54. The third-order valence-corrected chi connectivity index (χ3v) is 2.72. The Morgan fingerprint density at radius 1 is 1.43 bits per heavy atom. The molecule has 0 amide bonds. The lowest BCUT2D eigenvalue weighted by atomic mass is 10.1. The number of nitrogens with zero attached hydrogens (tertiary/aromatic N) is 1. The largest absolute Gasteiger partial charge is 0.306 e. The van der Waals surface area contributed by atoms with Crippen LogP contribution in [0.4, 0.5) is 0 Å². The highest BCUT2D eigenvalue weighted by Gasteiger charge is 2.27. The molecule has 1 heterocycles. The molecule has 0 atom stereocenters. The van der Waals surface area contributed by atoms with E-state index in [4.69, 9.17) is 0 Å². The minimum Gasteiger partial charge on any atom is -0.306 e. The first kappa shape index (κ1) is 9.91. The van der Waals surface area contributed by atoms with Gasteiger partial charge in [0.2, 0.25) is 0 Å². The molecule has 0 aromatic heterocycles. The van der Waals surface area contributed by atoms with Gasteiger partial charge in [0.1, 0.15) is 0 Å². The fourth-order valence-electron chi connectivity index (χ4n) is 1.66. The van der Waals surface area contributed by atoms with E-state index in [1.807, 2.05) is 0 Å². The lowest BCUT2D eigenvalue weighted by Crippen LogP contribution is -2.38. The SMILES string of the molecule is CC(C)(C)NCC1=NCC(C2CC2)=C1. The van der Waals surface area contributed by atoms with Gasteiger partial charge in [-0.15, -0.1) is 0 Å². The third-order valence-electron chi connectivity index (χ3n) is 2.72. The molecule has 0 unspecified atom stereocenters. The third kappa shape index (κ3) is 2.68. The molecule has 2 nitrogen and oxygen atoms in total. The topological polar surface area (TPSA) is 24.4 Å². The minimum absolute atomic E-state index is 0.193. The summed E-state index contributed by atoms with van der Waals surface area (Å²) in [6.07, 6.45) is 5.08. The van der Waals surface area contributed by atoms with Crippen LogP contribution in [0.1, 0.15) is 33.6 Å². The number of rotatable bonds is 3. The predicted molar refractivity (Wildman–Crippen MR) is 60.9 cm³/mol. The Morgan fingerprint density at radius 2 is 2.14 bits per heavy atom. The van der Waals surface area contributed by atoms with Gasteiger partial charge in [-0.1, -0.05) is 0 Å². The average Bonchev–Trinajstić information content (AvgIpc) is 2.81. The van der Waals surface area contributed by atoms with Crippen molar-refractivity contribution in [3.63, 3.8) is 0 Å².